The standard InChI is InChI=1S/C23H18OP.C12H8F3O3S/c1-18-12-13-19-14-15-23(17-20(19)16-18)25(24,21-8-4-2-5-9-21)22-10-6-3-7-11-22;1-8-2-3-9-4-5-11(7-10(9)6-8)18-19(16,17)12(13,14)15/h2-16H,1H3;2-6H,1H3. The Hall–Kier alpha value is -4.39. The van der Waals surface area contributed by atoms with Crippen molar-refractivity contribution in [2.24, 2.45) is 0 Å². The average Bonchev–Trinajstić information content (AvgIpc) is 3.00. The Morgan fingerprint density at radius 1 is 0.636 bits per heavy atom. The van der Waals surface area contributed by atoms with Crippen LogP contribution in [0.15, 0.2) is 121 Å². The van der Waals surface area contributed by atoms with Gasteiger partial charge in [-0.3, -0.25) is 0 Å². The minimum absolute atomic E-state index is 0.481. The van der Waals surface area contributed by atoms with Crippen LogP contribution < -0.4 is 20.1 Å². The van der Waals surface area contributed by atoms with E-state index >= 15 is 0 Å². The molecular weight excluding hydrogens is 604 g/mol. The van der Waals surface area contributed by atoms with Crippen molar-refractivity contribution in [3.8, 4) is 5.75 Å². The molecule has 0 saturated carbocycles. The van der Waals surface area contributed by atoms with Crippen LogP contribution in [0.2, 0.25) is 0 Å². The lowest BCUT2D eigenvalue weighted by atomic mass is 10.1. The maximum Gasteiger partial charge on any atom is 0.534 e. The fourth-order valence-electron chi connectivity index (χ4n) is 4.64. The molecule has 2 radical (unpaired) electrons. The van der Waals surface area contributed by atoms with Crippen LogP contribution in [0.3, 0.4) is 0 Å². The van der Waals surface area contributed by atoms with Crippen molar-refractivity contribution in [1.29, 1.82) is 0 Å². The first kappa shape index (κ1) is 31.0. The number of halogens is 3. The second kappa shape index (κ2) is 12.3. The van der Waals surface area contributed by atoms with Gasteiger partial charge in [0, 0.05) is 28.0 Å². The molecule has 0 aliphatic heterocycles. The predicted molar refractivity (Wildman–Crippen MR) is 170 cm³/mol. The summed E-state index contributed by atoms with van der Waals surface area (Å²) >= 11 is 0. The highest BCUT2D eigenvalue weighted by Crippen LogP contribution is 2.42. The summed E-state index contributed by atoms with van der Waals surface area (Å²) in [6, 6.07) is 43.5. The van der Waals surface area contributed by atoms with E-state index in [1.54, 1.807) is 19.1 Å². The zero-order chi connectivity index (χ0) is 31.5. The van der Waals surface area contributed by atoms with Gasteiger partial charge in [-0.1, -0.05) is 120 Å². The van der Waals surface area contributed by atoms with E-state index in [1.165, 1.54) is 11.6 Å². The molecular formula is C35H26F3O4PS. The monoisotopic (exact) mass is 630 g/mol. The molecule has 0 atom stereocenters. The zero-order valence-electron chi connectivity index (χ0n) is 23.7. The largest absolute Gasteiger partial charge is 0.534 e. The van der Waals surface area contributed by atoms with Crippen LogP contribution in [0.5, 0.6) is 5.75 Å². The lowest BCUT2D eigenvalue weighted by Crippen LogP contribution is -2.28. The lowest BCUT2D eigenvalue weighted by molar-refractivity contribution is -0.0500. The Balaban J connectivity index is 0.000000182. The van der Waals surface area contributed by atoms with E-state index < -0.39 is 28.5 Å². The van der Waals surface area contributed by atoms with Crippen LogP contribution in [0.4, 0.5) is 13.2 Å². The number of fused-ring (bicyclic) bond motifs is 2. The van der Waals surface area contributed by atoms with Crippen molar-refractivity contribution in [3.05, 3.63) is 145 Å². The highest BCUT2D eigenvalue weighted by atomic mass is 32.2. The summed E-state index contributed by atoms with van der Waals surface area (Å²) in [5.41, 5.74) is -3.41. The SMILES string of the molecule is Cc1ccc2ccc(OS(=O)(=O)C(F)(F)F)[c]c2c1.Cc1ccc2ccc(P(=O)(c3ccccc3)c3ccccc3)[c]c2c1. The third-order valence-electron chi connectivity index (χ3n) is 6.84. The second-order valence-corrected chi connectivity index (χ2v) is 14.4. The zero-order valence-corrected chi connectivity index (χ0v) is 25.4. The van der Waals surface area contributed by atoms with E-state index in [-0.39, 0.29) is 0 Å². The van der Waals surface area contributed by atoms with Gasteiger partial charge in [-0.05, 0) is 47.5 Å². The van der Waals surface area contributed by atoms with Crippen LogP contribution >= 0.6 is 7.14 Å². The minimum atomic E-state index is -5.66. The van der Waals surface area contributed by atoms with Crippen molar-refractivity contribution in [1.82, 2.24) is 0 Å². The highest BCUT2D eigenvalue weighted by Gasteiger charge is 2.48. The van der Waals surface area contributed by atoms with Crippen molar-refractivity contribution < 1.29 is 30.3 Å². The Morgan fingerprint density at radius 3 is 1.59 bits per heavy atom. The number of alkyl halides is 3. The van der Waals surface area contributed by atoms with Crippen LogP contribution in [-0.4, -0.2) is 13.9 Å². The molecule has 0 spiro atoms. The summed E-state index contributed by atoms with van der Waals surface area (Å²) in [5.74, 6) is -0.490. The molecule has 0 fully saturated rings. The van der Waals surface area contributed by atoms with E-state index in [0.717, 1.165) is 43.7 Å². The Labute approximate surface area is 254 Å². The molecule has 6 rings (SSSR count). The van der Waals surface area contributed by atoms with Gasteiger partial charge in [0.05, 0.1) is 0 Å². The molecule has 44 heavy (non-hydrogen) atoms. The van der Waals surface area contributed by atoms with Gasteiger partial charge in [-0.25, -0.2) is 0 Å². The van der Waals surface area contributed by atoms with Crippen LogP contribution in [0.1, 0.15) is 11.1 Å². The van der Waals surface area contributed by atoms with E-state index in [1.807, 2.05) is 78.9 Å². The summed E-state index contributed by atoms with van der Waals surface area (Å²) in [5, 5.41) is 5.75. The minimum Gasteiger partial charge on any atom is -0.375 e. The molecule has 4 nitrogen and oxygen atoms in total. The van der Waals surface area contributed by atoms with Gasteiger partial charge >= 0.3 is 15.6 Å². The van der Waals surface area contributed by atoms with Crippen molar-refractivity contribution >= 4 is 54.7 Å². The number of benzene rings is 6. The molecule has 0 unspecified atom stereocenters. The van der Waals surface area contributed by atoms with E-state index in [0.29, 0.717) is 5.39 Å². The molecule has 0 aliphatic carbocycles. The molecule has 6 aromatic rings. The molecule has 0 heterocycles. The van der Waals surface area contributed by atoms with Gasteiger partial charge in [0.25, 0.3) is 0 Å². The second-order valence-electron chi connectivity index (χ2n) is 10.1. The molecule has 6 aromatic carbocycles. The third-order valence-corrected chi connectivity index (χ3v) is 10.8. The topological polar surface area (TPSA) is 60.4 Å². The van der Waals surface area contributed by atoms with E-state index in [9.17, 15) is 26.2 Å². The fraction of sp³-hybridized carbons (Fsp3) is 0.0857. The van der Waals surface area contributed by atoms with Gasteiger partial charge in [0.2, 0.25) is 0 Å². The first-order valence-electron chi connectivity index (χ1n) is 13.4. The number of rotatable bonds is 5. The highest BCUT2D eigenvalue weighted by molar-refractivity contribution is 7.88. The van der Waals surface area contributed by atoms with Gasteiger partial charge in [-0.2, -0.15) is 21.6 Å². The van der Waals surface area contributed by atoms with Crippen molar-refractivity contribution in [2.45, 2.75) is 19.4 Å². The first-order valence-corrected chi connectivity index (χ1v) is 16.6. The van der Waals surface area contributed by atoms with Gasteiger partial charge in [-0.15, -0.1) is 0 Å². The third kappa shape index (κ3) is 6.57. The van der Waals surface area contributed by atoms with Crippen LogP contribution in [-0.2, 0) is 14.7 Å². The first-order chi connectivity index (χ1) is 20.9. The summed E-state index contributed by atoms with van der Waals surface area (Å²) in [7, 11) is -8.61. The molecule has 222 valence electrons. The maximum absolute atomic E-state index is 14.3. The Bertz CT molecular complexity index is 2050. The van der Waals surface area contributed by atoms with E-state index in [2.05, 4.69) is 41.4 Å². The van der Waals surface area contributed by atoms with Gasteiger partial charge in [0.1, 0.15) is 0 Å². The molecule has 0 bridgehead atoms. The Morgan fingerprint density at radius 2 is 1.09 bits per heavy atom. The molecule has 0 aromatic heterocycles. The number of hydrogen-bond acceptors (Lipinski definition) is 4. The number of hydrogen-bond donors (Lipinski definition) is 0. The molecule has 0 N–H and O–H groups in total. The summed E-state index contributed by atoms with van der Waals surface area (Å²) in [6.45, 7) is 3.86. The molecule has 0 aliphatic rings. The average molecular weight is 631 g/mol. The molecule has 0 amide bonds. The van der Waals surface area contributed by atoms with Crippen molar-refractivity contribution in [2.75, 3.05) is 0 Å². The normalized spacial score (nSPS) is 12.0. The smallest absolute Gasteiger partial charge is 0.375 e. The number of aryl methyl sites for hydroxylation is 2. The van der Waals surface area contributed by atoms with Crippen LogP contribution in [0, 0.1) is 26.0 Å². The maximum atomic E-state index is 14.3. The quantitative estimate of drug-likeness (QED) is 0.111. The molecule has 0 saturated heterocycles. The molecule has 9 heteroatoms. The van der Waals surface area contributed by atoms with Crippen molar-refractivity contribution in [3.63, 3.8) is 0 Å². The summed E-state index contributed by atoms with van der Waals surface area (Å²) in [4.78, 5) is 0. The summed E-state index contributed by atoms with van der Waals surface area (Å²) < 4.78 is 76.5. The fourth-order valence-corrected chi connectivity index (χ4v) is 7.67. The van der Waals surface area contributed by atoms with Gasteiger partial charge in [0.15, 0.2) is 12.9 Å². The Kier molecular flexibility index (Phi) is 8.69. The van der Waals surface area contributed by atoms with Gasteiger partial charge < -0.3 is 8.75 Å². The van der Waals surface area contributed by atoms with Crippen LogP contribution in [0.25, 0.3) is 21.5 Å². The lowest BCUT2D eigenvalue weighted by Gasteiger charge is -2.20. The predicted octanol–water partition coefficient (Wildman–Crippen LogP) is 7.76. The summed E-state index contributed by atoms with van der Waals surface area (Å²) in [6.07, 6.45) is 0. The van der Waals surface area contributed by atoms with E-state index in [4.69, 9.17) is 0 Å².